The smallest absolute Gasteiger partial charge is 0.319 e. The van der Waals surface area contributed by atoms with Crippen LogP contribution in [0.5, 0.6) is 5.75 Å². The third-order valence-corrected chi connectivity index (χ3v) is 3.93. The van der Waals surface area contributed by atoms with Crippen LogP contribution in [0.2, 0.25) is 5.02 Å². The Morgan fingerprint density at radius 1 is 1.12 bits per heavy atom. The van der Waals surface area contributed by atoms with Gasteiger partial charge in [0, 0.05) is 45.3 Å². The quantitative estimate of drug-likeness (QED) is 0.837. The van der Waals surface area contributed by atoms with Gasteiger partial charge >= 0.3 is 12.1 Å². The van der Waals surface area contributed by atoms with E-state index in [9.17, 15) is 9.59 Å². The molecule has 0 aromatic heterocycles. The van der Waals surface area contributed by atoms with Crippen molar-refractivity contribution in [3.8, 4) is 5.75 Å². The number of ether oxygens (including phenoxy) is 1. The minimum absolute atomic E-state index is 0.0218. The van der Waals surface area contributed by atoms with E-state index < -0.39 is 0 Å². The highest BCUT2D eigenvalue weighted by Crippen LogP contribution is 2.15. The van der Waals surface area contributed by atoms with Crippen LogP contribution >= 0.6 is 11.6 Å². The van der Waals surface area contributed by atoms with Gasteiger partial charge in [-0.15, -0.1) is 0 Å². The summed E-state index contributed by atoms with van der Waals surface area (Å²) in [5.74, 6) is 0.712. The molecule has 0 aliphatic carbocycles. The summed E-state index contributed by atoms with van der Waals surface area (Å²) in [5.41, 5.74) is 0. The van der Waals surface area contributed by atoms with Crippen molar-refractivity contribution in [1.29, 1.82) is 0 Å². The SMILES string of the molecule is CN(C)C(=O)N1CCN(C(=O)NCCOc2ccc(Cl)cc2)CC1. The van der Waals surface area contributed by atoms with Gasteiger partial charge in [0.25, 0.3) is 0 Å². The molecule has 4 amide bonds. The van der Waals surface area contributed by atoms with Crippen molar-refractivity contribution in [2.45, 2.75) is 0 Å². The largest absolute Gasteiger partial charge is 0.492 e. The van der Waals surface area contributed by atoms with E-state index >= 15 is 0 Å². The van der Waals surface area contributed by atoms with Crippen LogP contribution in [0.15, 0.2) is 24.3 Å². The zero-order valence-corrected chi connectivity index (χ0v) is 14.8. The summed E-state index contributed by atoms with van der Waals surface area (Å²) >= 11 is 5.80. The Bertz CT molecular complexity index is 557. The molecule has 1 N–H and O–H groups in total. The lowest BCUT2D eigenvalue weighted by Crippen LogP contribution is -2.55. The molecule has 1 aromatic carbocycles. The maximum Gasteiger partial charge on any atom is 0.319 e. The number of benzene rings is 1. The van der Waals surface area contributed by atoms with E-state index in [1.54, 1.807) is 53.1 Å². The van der Waals surface area contributed by atoms with Crippen LogP contribution < -0.4 is 10.1 Å². The third kappa shape index (κ3) is 5.19. The molecule has 1 aliphatic heterocycles. The molecule has 7 nitrogen and oxygen atoms in total. The molecule has 0 saturated carbocycles. The number of carbonyl (C=O) groups excluding carboxylic acids is 2. The van der Waals surface area contributed by atoms with Crippen molar-refractivity contribution in [3.63, 3.8) is 0 Å². The summed E-state index contributed by atoms with van der Waals surface area (Å²) in [6.45, 7) is 2.95. The number of amides is 4. The molecule has 24 heavy (non-hydrogen) atoms. The van der Waals surface area contributed by atoms with Crippen LogP contribution in [-0.2, 0) is 0 Å². The Hall–Kier alpha value is -2.15. The number of nitrogens with one attached hydrogen (secondary N) is 1. The summed E-state index contributed by atoms with van der Waals surface area (Å²) in [7, 11) is 3.45. The van der Waals surface area contributed by atoms with Gasteiger partial charge in [-0.1, -0.05) is 11.6 Å². The third-order valence-electron chi connectivity index (χ3n) is 3.68. The molecule has 1 aromatic rings. The van der Waals surface area contributed by atoms with Gasteiger partial charge in [-0.2, -0.15) is 0 Å². The predicted molar refractivity (Wildman–Crippen MR) is 92.6 cm³/mol. The average Bonchev–Trinajstić information content (AvgIpc) is 2.59. The minimum Gasteiger partial charge on any atom is -0.492 e. The van der Waals surface area contributed by atoms with Crippen LogP contribution in [-0.4, -0.2) is 80.2 Å². The highest BCUT2D eigenvalue weighted by atomic mass is 35.5. The van der Waals surface area contributed by atoms with Crippen molar-refractivity contribution in [2.75, 3.05) is 53.4 Å². The van der Waals surface area contributed by atoms with Crippen molar-refractivity contribution >= 4 is 23.7 Å². The van der Waals surface area contributed by atoms with Crippen LogP contribution in [0.25, 0.3) is 0 Å². The molecule has 0 bridgehead atoms. The van der Waals surface area contributed by atoms with Crippen molar-refractivity contribution < 1.29 is 14.3 Å². The van der Waals surface area contributed by atoms with E-state index in [0.717, 1.165) is 0 Å². The zero-order valence-electron chi connectivity index (χ0n) is 14.0. The van der Waals surface area contributed by atoms with Gasteiger partial charge < -0.3 is 24.8 Å². The number of nitrogens with zero attached hydrogens (tertiary/aromatic N) is 3. The Kier molecular flexibility index (Phi) is 6.54. The second-order valence-electron chi connectivity index (χ2n) is 5.69. The molecule has 0 atom stereocenters. The molecular formula is C16H23ClN4O3. The molecule has 132 valence electrons. The van der Waals surface area contributed by atoms with Crippen LogP contribution in [0, 0.1) is 0 Å². The molecule has 0 unspecified atom stereocenters. The summed E-state index contributed by atoms with van der Waals surface area (Å²) in [4.78, 5) is 28.9. The zero-order chi connectivity index (χ0) is 17.5. The van der Waals surface area contributed by atoms with E-state index in [0.29, 0.717) is 50.1 Å². The van der Waals surface area contributed by atoms with Gasteiger partial charge in [-0.05, 0) is 24.3 Å². The van der Waals surface area contributed by atoms with Gasteiger partial charge in [0.15, 0.2) is 0 Å². The van der Waals surface area contributed by atoms with E-state index in [4.69, 9.17) is 16.3 Å². The summed E-state index contributed by atoms with van der Waals surface area (Å²) in [5, 5.41) is 3.48. The predicted octanol–water partition coefficient (Wildman–Crippen LogP) is 1.73. The normalized spacial score (nSPS) is 14.3. The van der Waals surface area contributed by atoms with Crippen molar-refractivity contribution in [2.24, 2.45) is 0 Å². The second-order valence-corrected chi connectivity index (χ2v) is 6.12. The number of piperazine rings is 1. The summed E-state index contributed by atoms with van der Waals surface area (Å²) < 4.78 is 5.52. The van der Waals surface area contributed by atoms with E-state index in [2.05, 4.69) is 5.32 Å². The second kappa shape index (κ2) is 8.63. The fourth-order valence-corrected chi connectivity index (χ4v) is 2.48. The Morgan fingerprint density at radius 3 is 2.29 bits per heavy atom. The maximum atomic E-state index is 12.1. The van der Waals surface area contributed by atoms with E-state index in [1.165, 1.54) is 0 Å². The van der Waals surface area contributed by atoms with E-state index in [1.807, 2.05) is 0 Å². The summed E-state index contributed by atoms with van der Waals surface area (Å²) in [6.07, 6.45) is 0. The lowest BCUT2D eigenvalue weighted by atomic mass is 10.3. The fourth-order valence-electron chi connectivity index (χ4n) is 2.35. The monoisotopic (exact) mass is 354 g/mol. The van der Waals surface area contributed by atoms with Crippen LogP contribution in [0.4, 0.5) is 9.59 Å². The molecule has 1 fully saturated rings. The first kappa shape index (κ1) is 18.2. The highest BCUT2D eigenvalue weighted by Gasteiger charge is 2.24. The number of hydrogen-bond acceptors (Lipinski definition) is 3. The molecular weight excluding hydrogens is 332 g/mol. The maximum absolute atomic E-state index is 12.1. The Morgan fingerprint density at radius 2 is 1.71 bits per heavy atom. The first-order chi connectivity index (χ1) is 11.5. The topological polar surface area (TPSA) is 65.1 Å². The summed E-state index contributed by atoms with van der Waals surface area (Å²) in [6, 6.07) is 6.92. The van der Waals surface area contributed by atoms with Crippen molar-refractivity contribution in [3.05, 3.63) is 29.3 Å². The number of rotatable bonds is 4. The molecule has 8 heteroatoms. The average molecular weight is 355 g/mol. The molecule has 0 spiro atoms. The van der Waals surface area contributed by atoms with Crippen molar-refractivity contribution in [1.82, 2.24) is 20.0 Å². The first-order valence-corrected chi connectivity index (χ1v) is 8.22. The standard InChI is InChI=1S/C16H23ClN4O3/c1-19(2)16(23)21-10-8-20(9-11-21)15(22)18-7-12-24-14-5-3-13(17)4-6-14/h3-6H,7-12H2,1-2H3,(H,18,22). The number of halogens is 1. The number of urea groups is 2. The van der Waals surface area contributed by atoms with Gasteiger partial charge in [0.05, 0.1) is 6.54 Å². The molecule has 1 saturated heterocycles. The van der Waals surface area contributed by atoms with Gasteiger partial charge in [0.1, 0.15) is 12.4 Å². The van der Waals surface area contributed by atoms with E-state index in [-0.39, 0.29) is 12.1 Å². The fraction of sp³-hybridized carbons (Fsp3) is 0.500. The number of hydrogen-bond donors (Lipinski definition) is 1. The van der Waals surface area contributed by atoms with Gasteiger partial charge in [-0.25, -0.2) is 9.59 Å². The molecule has 1 aliphatic rings. The lowest BCUT2D eigenvalue weighted by molar-refractivity contribution is 0.128. The minimum atomic E-state index is -0.133. The lowest BCUT2D eigenvalue weighted by Gasteiger charge is -2.35. The van der Waals surface area contributed by atoms with Gasteiger partial charge in [-0.3, -0.25) is 0 Å². The highest BCUT2D eigenvalue weighted by molar-refractivity contribution is 6.30. The first-order valence-electron chi connectivity index (χ1n) is 7.85. The Balaban J connectivity index is 1.65. The molecule has 2 rings (SSSR count). The number of carbonyl (C=O) groups is 2. The van der Waals surface area contributed by atoms with Crippen LogP contribution in [0.3, 0.4) is 0 Å². The van der Waals surface area contributed by atoms with Gasteiger partial charge in [0.2, 0.25) is 0 Å². The van der Waals surface area contributed by atoms with Crippen LogP contribution in [0.1, 0.15) is 0 Å². The molecule has 1 heterocycles. The Labute approximate surface area is 147 Å². The molecule has 0 radical (unpaired) electrons.